The van der Waals surface area contributed by atoms with Crippen molar-refractivity contribution in [2.75, 3.05) is 0 Å². The molecule has 1 fully saturated rings. The standard InChI is InChI=1S/C3H3N3/c4-1-2(5)3(1)6/h4-6H. The zero-order chi connectivity index (χ0) is 4.73. The molecule has 0 aromatic carbocycles. The molecule has 0 heterocycles. The second kappa shape index (κ2) is 0.566. The maximum atomic E-state index is 6.57. The molecule has 0 amide bonds. The molecule has 0 aromatic rings. The summed E-state index contributed by atoms with van der Waals surface area (Å²) in [6.45, 7) is 0. The fraction of sp³-hybridized carbons (Fsp3) is 0. The minimum Gasteiger partial charge on any atom is -0.296 e. The van der Waals surface area contributed by atoms with Crippen molar-refractivity contribution in [2.24, 2.45) is 0 Å². The van der Waals surface area contributed by atoms with E-state index in [0.29, 0.717) is 0 Å². The van der Waals surface area contributed by atoms with Crippen molar-refractivity contribution in [1.29, 1.82) is 16.2 Å². The van der Waals surface area contributed by atoms with Crippen molar-refractivity contribution in [3.8, 4) is 0 Å². The van der Waals surface area contributed by atoms with Crippen LogP contribution < -0.4 is 0 Å². The van der Waals surface area contributed by atoms with Crippen LogP contribution >= 0.6 is 0 Å². The van der Waals surface area contributed by atoms with E-state index in [1.165, 1.54) is 0 Å². The number of nitrogens with one attached hydrogen (secondary N) is 3. The molecule has 0 aromatic heterocycles. The molecule has 0 unspecified atom stereocenters. The SMILES string of the molecule is N=C1C(=N)C1=N. The second-order valence-electron chi connectivity index (χ2n) is 1.12. The third-order valence-electron chi connectivity index (χ3n) is 0.688. The first-order chi connectivity index (χ1) is 2.73. The quantitative estimate of drug-likeness (QED) is 0.369. The van der Waals surface area contributed by atoms with Crippen LogP contribution in [-0.4, -0.2) is 17.1 Å². The summed E-state index contributed by atoms with van der Waals surface area (Å²) in [5.41, 5.74) is 0.278. The molecule has 0 spiro atoms. The van der Waals surface area contributed by atoms with Crippen LogP contribution in [0.1, 0.15) is 0 Å². The minimum atomic E-state index is 0.0926. The predicted octanol–water partition coefficient (Wildman–Crippen LogP) is 0.0593. The molecule has 1 aliphatic rings. The van der Waals surface area contributed by atoms with Gasteiger partial charge in [-0.25, -0.2) is 0 Å². The molecule has 30 valence electrons. The molecule has 6 heavy (non-hydrogen) atoms. The van der Waals surface area contributed by atoms with Gasteiger partial charge in [0.1, 0.15) is 17.1 Å². The molecule has 0 atom stereocenters. The van der Waals surface area contributed by atoms with E-state index in [-0.39, 0.29) is 17.1 Å². The molecular formula is C3H3N3. The monoisotopic (exact) mass is 81.0 g/mol. The zero-order valence-corrected chi connectivity index (χ0v) is 3.00. The van der Waals surface area contributed by atoms with Crippen molar-refractivity contribution in [3.05, 3.63) is 0 Å². The van der Waals surface area contributed by atoms with Gasteiger partial charge in [-0.05, 0) is 0 Å². The third-order valence-corrected chi connectivity index (χ3v) is 0.688. The highest BCUT2D eigenvalue weighted by atomic mass is 14.7. The van der Waals surface area contributed by atoms with Gasteiger partial charge in [0.25, 0.3) is 0 Å². The van der Waals surface area contributed by atoms with Crippen LogP contribution in [0.4, 0.5) is 0 Å². The minimum absolute atomic E-state index is 0.0926. The Hall–Kier alpha value is -0.990. The molecule has 0 saturated heterocycles. The lowest BCUT2D eigenvalue weighted by Gasteiger charge is -1.36. The summed E-state index contributed by atoms with van der Waals surface area (Å²) in [4.78, 5) is 0. The zero-order valence-electron chi connectivity index (χ0n) is 3.00. The van der Waals surface area contributed by atoms with Crippen LogP contribution in [0.25, 0.3) is 0 Å². The summed E-state index contributed by atoms with van der Waals surface area (Å²) < 4.78 is 0. The van der Waals surface area contributed by atoms with E-state index in [2.05, 4.69) is 0 Å². The van der Waals surface area contributed by atoms with Gasteiger partial charge < -0.3 is 0 Å². The fourth-order valence-corrected chi connectivity index (χ4v) is 0.188. The van der Waals surface area contributed by atoms with Gasteiger partial charge in [0.05, 0.1) is 0 Å². The Morgan fingerprint density at radius 3 is 0.833 bits per heavy atom. The molecule has 0 radical (unpaired) electrons. The lowest BCUT2D eigenvalue weighted by atomic mass is 10.9. The molecule has 0 bridgehead atoms. The smallest absolute Gasteiger partial charge is 0.109 e. The Kier molecular flexibility index (Phi) is 0.303. The van der Waals surface area contributed by atoms with Crippen molar-refractivity contribution < 1.29 is 0 Å². The summed E-state index contributed by atoms with van der Waals surface area (Å²) in [6, 6.07) is 0. The van der Waals surface area contributed by atoms with Crippen LogP contribution in [0.3, 0.4) is 0 Å². The van der Waals surface area contributed by atoms with Crippen LogP contribution in [-0.2, 0) is 0 Å². The largest absolute Gasteiger partial charge is 0.296 e. The highest BCUT2D eigenvalue weighted by Gasteiger charge is 2.30. The van der Waals surface area contributed by atoms with Gasteiger partial charge in [0.2, 0.25) is 0 Å². The summed E-state index contributed by atoms with van der Waals surface area (Å²) in [5.74, 6) is 0. The van der Waals surface area contributed by atoms with Gasteiger partial charge in [-0.15, -0.1) is 0 Å². The fourth-order valence-electron chi connectivity index (χ4n) is 0.188. The Bertz CT molecular complexity index is 104. The Balaban J connectivity index is 3.04. The van der Waals surface area contributed by atoms with E-state index in [1.54, 1.807) is 0 Å². The second-order valence-corrected chi connectivity index (χ2v) is 1.12. The van der Waals surface area contributed by atoms with Gasteiger partial charge in [-0.3, -0.25) is 16.2 Å². The molecule has 1 saturated carbocycles. The van der Waals surface area contributed by atoms with E-state index < -0.39 is 0 Å². The van der Waals surface area contributed by atoms with Crippen molar-refractivity contribution in [1.82, 2.24) is 0 Å². The van der Waals surface area contributed by atoms with Gasteiger partial charge in [-0.2, -0.15) is 0 Å². The van der Waals surface area contributed by atoms with Crippen LogP contribution in [0.5, 0.6) is 0 Å². The number of rotatable bonds is 0. The summed E-state index contributed by atoms with van der Waals surface area (Å²) >= 11 is 0. The molecule has 1 rings (SSSR count). The predicted molar refractivity (Wildman–Crippen MR) is 23.2 cm³/mol. The molecule has 3 heteroatoms. The summed E-state index contributed by atoms with van der Waals surface area (Å²) in [5, 5.41) is 19.7. The van der Waals surface area contributed by atoms with Crippen LogP contribution in [0, 0.1) is 16.2 Å². The maximum absolute atomic E-state index is 6.57. The van der Waals surface area contributed by atoms with Crippen molar-refractivity contribution in [3.63, 3.8) is 0 Å². The van der Waals surface area contributed by atoms with Gasteiger partial charge in [-0.1, -0.05) is 0 Å². The van der Waals surface area contributed by atoms with Gasteiger partial charge in [0.15, 0.2) is 0 Å². The first-order valence-electron chi connectivity index (χ1n) is 1.50. The average molecular weight is 81.1 g/mol. The Morgan fingerprint density at radius 2 is 0.833 bits per heavy atom. The molecular weight excluding hydrogens is 78.1 g/mol. The van der Waals surface area contributed by atoms with Crippen LogP contribution in [0.2, 0.25) is 0 Å². The highest BCUT2D eigenvalue weighted by Crippen LogP contribution is 1.99. The van der Waals surface area contributed by atoms with Gasteiger partial charge >= 0.3 is 0 Å². The summed E-state index contributed by atoms with van der Waals surface area (Å²) in [6.07, 6.45) is 0. The van der Waals surface area contributed by atoms with E-state index in [4.69, 9.17) is 16.2 Å². The highest BCUT2D eigenvalue weighted by molar-refractivity contribution is 7.10. The molecule has 3 nitrogen and oxygen atoms in total. The maximum Gasteiger partial charge on any atom is 0.109 e. The van der Waals surface area contributed by atoms with E-state index >= 15 is 0 Å². The lowest BCUT2D eigenvalue weighted by molar-refractivity contribution is 1.55. The first kappa shape index (κ1) is 3.21. The Morgan fingerprint density at radius 1 is 0.667 bits per heavy atom. The van der Waals surface area contributed by atoms with Crippen LogP contribution in [0.15, 0.2) is 0 Å². The number of hydrogen-bond acceptors (Lipinski definition) is 3. The normalized spacial score (nSPS) is 19.0. The molecule has 1 aliphatic carbocycles. The molecule has 0 aliphatic heterocycles. The number of hydrogen-bond donors (Lipinski definition) is 3. The van der Waals surface area contributed by atoms with E-state index in [9.17, 15) is 0 Å². The first-order valence-corrected chi connectivity index (χ1v) is 1.50. The van der Waals surface area contributed by atoms with Gasteiger partial charge in [0, 0.05) is 0 Å². The Labute approximate surface area is 34.5 Å². The lowest BCUT2D eigenvalue weighted by Crippen LogP contribution is -1.58. The van der Waals surface area contributed by atoms with Crippen molar-refractivity contribution in [2.45, 2.75) is 0 Å². The third kappa shape index (κ3) is 0.150. The average Bonchev–Trinajstić information content (AvgIpc) is 1.94. The molecule has 3 N–H and O–H groups in total. The topological polar surface area (TPSA) is 71.6 Å². The van der Waals surface area contributed by atoms with E-state index in [1.807, 2.05) is 0 Å². The van der Waals surface area contributed by atoms with E-state index in [0.717, 1.165) is 0 Å². The van der Waals surface area contributed by atoms with Crippen molar-refractivity contribution >= 4 is 17.1 Å². The summed E-state index contributed by atoms with van der Waals surface area (Å²) in [7, 11) is 0.